The molecule has 0 aliphatic carbocycles. The van der Waals surface area contributed by atoms with Crippen molar-refractivity contribution in [2.24, 2.45) is 0 Å². The summed E-state index contributed by atoms with van der Waals surface area (Å²) >= 11 is 0. The molecule has 0 bridgehead atoms. The summed E-state index contributed by atoms with van der Waals surface area (Å²) in [6.07, 6.45) is 0.565. The van der Waals surface area contributed by atoms with Crippen LogP contribution in [0.5, 0.6) is 0 Å². The van der Waals surface area contributed by atoms with E-state index < -0.39 is 0 Å². The SMILES string of the molecule is COCCCN1C(=O)c2ccc(C(=O)N(CCOC)CCOC)cc2C1=O. The summed E-state index contributed by atoms with van der Waals surface area (Å²) in [6.45, 7) is 2.36. The third-order valence-corrected chi connectivity index (χ3v) is 4.37. The van der Waals surface area contributed by atoms with E-state index in [2.05, 4.69) is 0 Å². The minimum absolute atomic E-state index is 0.231. The highest BCUT2D eigenvalue weighted by Crippen LogP contribution is 2.24. The molecule has 0 radical (unpaired) electrons. The molecular weight excluding hydrogens is 352 g/mol. The van der Waals surface area contributed by atoms with E-state index in [1.165, 1.54) is 11.0 Å². The monoisotopic (exact) mass is 378 g/mol. The fourth-order valence-corrected chi connectivity index (χ4v) is 2.89. The smallest absolute Gasteiger partial charge is 0.261 e. The molecule has 0 atom stereocenters. The number of amides is 3. The van der Waals surface area contributed by atoms with Crippen molar-refractivity contribution < 1.29 is 28.6 Å². The van der Waals surface area contributed by atoms with Crippen molar-refractivity contribution in [3.63, 3.8) is 0 Å². The summed E-state index contributed by atoms with van der Waals surface area (Å²) in [7, 11) is 4.70. The summed E-state index contributed by atoms with van der Waals surface area (Å²) in [5, 5.41) is 0. The third kappa shape index (κ3) is 4.91. The number of imide groups is 1. The van der Waals surface area contributed by atoms with Crippen molar-refractivity contribution >= 4 is 17.7 Å². The lowest BCUT2D eigenvalue weighted by atomic mass is 10.0. The van der Waals surface area contributed by atoms with Gasteiger partial charge in [0.25, 0.3) is 17.7 Å². The van der Waals surface area contributed by atoms with Crippen molar-refractivity contribution in [1.82, 2.24) is 9.80 Å². The molecule has 1 aliphatic rings. The predicted octanol–water partition coefficient (Wildman–Crippen LogP) is 1.05. The first-order chi connectivity index (χ1) is 13.0. The van der Waals surface area contributed by atoms with Crippen LogP contribution in [0.3, 0.4) is 0 Å². The summed E-state index contributed by atoms with van der Waals surface area (Å²) in [5.41, 5.74) is 0.955. The quantitative estimate of drug-likeness (QED) is 0.423. The molecule has 0 N–H and O–H groups in total. The third-order valence-electron chi connectivity index (χ3n) is 4.37. The van der Waals surface area contributed by atoms with Gasteiger partial charge in [-0.2, -0.15) is 0 Å². The normalized spacial score (nSPS) is 13.2. The van der Waals surface area contributed by atoms with Gasteiger partial charge in [-0.15, -0.1) is 0 Å². The van der Waals surface area contributed by atoms with Gasteiger partial charge in [0.15, 0.2) is 0 Å². The number of methoxy groups -OCH3 is 3. The molecule has 0 aromatic heterocycles. The van der Waals surface area contributed by atoms with Crippen molar-refractivity contribution in [3.05, 3.63) is 34.9 Å². The van der Waals surface area contributed by atoms with Crippen LogP contribution in [-0.2, 0) is 14.2 Å². The second kappa shape index (κ2) is 10.1. The molecule has 0 saturated heterocycles. The van der Waals surface area contributed by atoms with E-state index in [1.807, 2.05) is 0 Å². The largest absolute Gasteiger partial charge is 0.385 e. The Bertz CT molecular complexity index is 683. The van der Waals surface area contributed by atoms with E-state index >= 15 is 0 Å². The molecular formula is C19H26N2O6. The maximum Gasteiger partial charge on any atom is 0.261 e. The zero-order valence-corrected chi connectivity index (χ0v) is 16.0. The highest BCUT2D eigenvalue weighted by Gasteiger charge is 2.35. The Morgan fingerprint density at radius 1 is 0.926 bits per heavy atom. The fraction of sp³-hybridized carbons (Fsp3) is 0.526. The minimum atomic E-state index is -0.374. The predicted molar refractivity (Wildman–Crippen MR) is 98.0 cm³/mol. The summed E-state index contributed by atoms with van der Waals surface area (Å²) in [4.78, 5) is 40.7. The molecule has 0 spiro atoms. The average Bonchev–Trinajstić information content (AvgIpc) is 2.92. The lowest BCUT2D eigenvalue weighted by Crippen LogP contribution is -2.36. The summed E-state index contributed by atoms with van der Waals surface area (Å²) in [5.74, 6) is -0.938. The lowest BCUT2D eigenvalue weighted by molar-refractivity contribution is 0.0625. The number of benzene rings is 1. The maximum absolute atomic E-state index is 12.8. The van der Waals surface area contributed by atoms with Crippen LogP contribution in [0.25, 0.3) is 0 Å². The van der Waals surface area contributed by atoms with E-state index in [4.69, 9.17) is 14.2 Å². The van der Waals surface area contributed by atoms with Crippen LogP contribution in [0, 0.1) is 0 Å². The van der Waals surface area contributed by atoms with Crippen LogP contribution < -0.4 is 0 Å². The van der Waals surface area contributed by atoms with Crippen LogP contribution in [0.4, 0.5) is 0 Å². The Morgan fingerprint density at radius 3 is 2.11 bits per heavy atom. The van der Waals surface area contributed by atoms with Gasteiger partial charge in [0.05, 0.1) is 24.3 Å². The van der Waals surface area contributed by atoms with Gasteiger partial charge in [-0.1, -0.05) is 0 Å². The number of fused-ring (bicyclic) bond motifs is 1. The molecule has 1 aromatic rings. The number of carbonyl (C=O) groups excluding carboxylic acids is 3. The van der Waals surface area contributed by atoms with E-state index in [-0.39, 0.29) is 29.8 Å². The Labute approximate surface area is 159 Å². The first kappa shape index (κ1) is 21.0. The Balaban J connectivity index is 2.19. The van der Waals surface area contributed by atoms with Gasteiger partial charge in [-0.25, -0.2) is 0 Å². The number of carbonyl (C=O) groups is 3. The van der Waals surface area contributed by atoms with Gasteiger partial charge in [0.2, 0.25) is 0 Å². The van der Waals surface area contributed by atoms with Crippen molar-refractivity contribution in [3.8, 4) is 0 Å². The number of rotatable bonds is 11. The lowest BCUT2D eigenvalue weighted by Gasteiger charge is -2.22. The molecule has 1 heterocycles. The number of ether oxygens (including phenoxy) is 3. The van der Waals surface area contributed by atoms with Crippen molar-refractivity contribution in [1.29, 1.82) is 0 Å². The minimum Gasteiger partial charge on any atom is -0.385 e. The first-order valence-corrected chi connectivity index (χ1v) is 8.81. The van der Waals surface area contributed by atoms with Crippen molar-refractivity contribution in [2.75, 3.05) is 60.8 Å². The Morgan fingerprint density at radius 2 is 1.52 bits per heavy atom. The van der Waals surface area contributed by atoms with Gasteiger partial charge in [-0.3, -0.25) is 19.3 Å². The van der Waals surface area contributed by atoms with E-state index in [1.54, 1.807) is 38.4 Å². The van der Waals surface area contributed by atoms with Crippen molar-refractivity contribution in [2.45, 2.75) is 6.42 Å². The van der Waals surface area contributed by atoms with Gasteiger partial charge in [0.1, 0.15) is 0 Å². The molecule has 1 aliphatic heterocycles. The molecule has 148 valence electrons. The van der Waals surface area contributed by atoms with Gasteiger partial charge in [-0.05, 0) is 24.6 Å². The van der Waals surface area contributed by atoms with E-state index in [9.17, 15) is 14.4 Å². The zero-order valence-electron chi connectivity index (χ0n) is 16.0. The van der Waals surface area contributed by atoms with Crippen LogP contribution in [0.1, 0.15) is 37.5 Å². The molecule has 0 unspecified atom stereocenters. The molecule has 8 nitrogen and oxygen atoms in total. The number of hydrogen-bond donors (Lipinski definition) is 0. The highest BCUT2D eigenvalue weighted by molar-refractivity contribution is 6.22. The Hall–Kier alpha value is -2.29. The molecule has 0 saturated carbocycles. The summed E-state index contributed by atoms with van der Waals surface area (Å²) < 4.78 is 15.1. The fourth-order valence-electron chi connectivity index (χ4n) is 2.89. The maximum atomic E-state index is 12.8. The van der Waals surface area contributed by atoms with Crippen LogP contribution >= 0.6 is 0 Å². The Kier molecular flexibility index (Phi) is 7.90. The number of hydrogen-bond acceptors (Lipinski definition) is 6. The van der Waals surface area contributed by atoms with Crippen LogP contribution in [0.15, 0.2) is 18.2 Å². The molecule has 27 heavy (non-hydrogen) atoms. The number of nitrogens with zero attached hydrogens (tertiary/aromatic N) is 2. The van der Waals surface area contributed by atoms with E-state index in [0.717, 1.165) is 0 Å². The van der Waals surface area contributed by atoms with Gasteiger partial charge < -0.3 is 19.1 Å². The second-order valence-electron chi connectivity index (χ2n) is 6.15. The van der Waals surface area contributed by atoms with E-state index in [0.29, 0.717) is 50.5 Å². The topological polar surface area (TPSA) is 85.4 Å². The first-order valence-electron chi connectivity index (χ1n) is 8.81. The second-order valence-corrected chi connectivity index (χ2v) is 6.15. The molecule has 8 heteroatoms. The zero-order chi connectivity index (χ0) is 19.8. The highest BCUT2D eigenvalue weighted by atomic mass is 16.5. The van der Waals surface area contributed by atoms with Crippen LogP contribution in [-0.4, -0.2) is 88.3 Å². The standard InChI is InChI=1S/C19H26N2O6/c1-25-10-4-7-21-18(23)15-6-5-14(13-16(15)19(21)24)17(22)20(8-11-26-2)9-12-27-3/h5-6,13H,4,7-12H2,1-3H3. The molecule has 3 amide bonds. The summed E-state index contributed by atoms with van der Waals surface area (Å²) in [6, 6.07) is 4.63. The molecule has 2 rings (SSSR count). The van der Waals surface area contributed by atoms with Gasteiger partial charge in [0, 0.05) is 53.1 Å². The molecule has 1 aromatic carbocycles. The van der Waals surface area contributed by atoms with Gasteiger partial charge >= 0.3 is 0 Å². The average molecular weight is 378 g/mol. The van der Waals surface area contributed by atoms with Crippen LogP contribution in [0.2, 0.25) is 0 Å². The molecule has 0 fully saturated rings.